The van der Waals surface area contributed by atoms with Gasteiger partial charge in [0.25, 0.3) is 0 Å². The van der Waals surface area contributed by atoms with Gasteiger partial charge in [-0.25, -0.2) is 0 Å². The van der Waals surface area contributed by atoms with Crippen LogP contribution in [0.4, 0.5) is 0 Å². The minimum absolute atomic E-state index is 0.137. The molecule has 68 heavy (non-hydrogen) atoms. The van der Waals surface area contributed by atoms with Crippen LogP contribution in [-0.4, -0.2) is 37.2 Å². The zero-order valence-corrected chi connectivity index (χ0v) is 42.3. The van der Waals surface area contributed by atoms with E-state index in [0.717, 1.165) is 89.9 Å². The van der Waals surface area contributed by atoms with E-state index in [1.807, 2.05) is 146 Å². The average molecular weight is 929 g/mol. The lowest BCUT2D eigenvalue weighted by Crippen LogP contribution is -2.30. The molecular weight excluding hydrogens is 841 g/mol. The van der Waals surface area contributed by atoms with Crippen LogP contribution in [0.3, 0.4) is 0 Å². The summed E-state index contributed by atoms with van der Waals surface area (Å²) in [4.78, 5) is 38.0. The maximum Gasteiger partial charge on any atom is 0.306 e. The van der Waals surface area contributed by atoms with E-state index in [-0.39, 0.29) is 50.4 Å². The fourth-order valence-corrected chi connectivity index (χ4v) is 5.93. The Labute approximate surface area is 414 Å². The average Bonchev–Trinajstić information content (AvgIpc) is 3.34. The van der Waals surface area contributed by atoms with E-state index in [1.54, 1.807) is 0 Å². The Morgan fingerprint density at radius 2 is 0.574 bits per heavy atom. The summed E-state index contributed by atoms with van der Waals surface area (Å²) >= 11 is 0. The van der Waals surface area contributed by atoms with Crippen LogP contribution in [0.25, 0.3) is 0 Å². The second kappa shape index (κ2) is 53.9. The van der Waals surface area contributed by atoms with Gasteiger partial charge in [-0.1, -0.05) is 254 Å². The van der Waals surface area contributed by atoms with Crippen molar-refractivity contribution in [3.8, 4) is 0 Å². The van der Waals surface area contributed by atoms with E-state index in [2.05, 4.69) is 69.4 Å². The van der Waals surface area contributed by atoms with Crippen molar-refractivity contribution in [3.05, 3.63) is 194 Å². The summed E-state index contributed by atoms with van der Waals surface area (Å²) in [6, 6.07) is 0. The molecular formula is C62H88O6. The molecule has 0 fully saturated rings. The molecule has 0 rings (SSSR count). The molecule has 0 N–H and O–H groups in total. The Morgan fingerprint density at radius 3 is 0.912 bits per heavy atom. The second-order valence-electron chi connectivity index (χ2n) is 16.0. The Kier molecular flexibility index (Phi) is 49.3. The molecule has 6 heteroatoms. The maximum absolute atomic E-state index is 12.8. The molecule has 0 heterocycles. The molecule has 0 amide bonds. The molecule has 0 bridgehead atoms. The van der Waals surface area contributed by atoms with Crippen molar-refractivity contribution < 1.29 is 28.6 Å². The van der Waals surface area contributed by atoms with Gasteiger partial charge in [0.1, 0.15) is 13.2 Å². The topological polar surface area (TPSA) is 78.9 Å². The number of esters is 3. The smallest absolute Gasteiger partial charge is 0.306 e. The molecule has 1 unspecified atom stereocenters. The minimum atomic E-state index is -0.840. The lowest BCUT2D eigenvalue weighted by molar-refractivity contribution is -0.167. The zero-order chi connectivity index (χ0) is 49.3. The number of rotatable bonds is 42. The van der Waals surface area contributed by atoms with Gasteiger partial charge >= 0.3 is 17.9 Å². The van der Waals surface area contributed by atoms with Crippen molar-refractivity contribution in [3.63, 3.8) is 0 Å². The highest BCUT2D eigenvalue weighted by Crippen LogP contribution is 2.12. The first-order valence-electron chi connectivity index (χ1n) is 25.7. The van der Waals surface area contributed by atoms with E-state index in [4.69, 9.17) is 14.2 Å². The van der Waals surface area contributed by atoms with Crippen LogP contribution in [0.2, 0.25) is 0 Å². The highest BCUT2D eigenvalue weighted by molar-refractivity contribution is 5.71. The molecule has 1 atom stereocenters. The first kappa shape index (κ1) is 62.2. The standard InChI is InChI=1S/C62H88O6/c1-4-7-10-13-16-19-22-25-27-29-31-33-34-37-40-43-46-49-52-55-61(64)67-58-59(57-66-60(63)54-51-48-45-42-39-36-24-21-18-15-12-9-6-3)68-62(65)56-53-50-47-44-41-38-35-32-30-28-26-23-20-17-14-11-8-5-2/h7,9-37,39-40,59H,4-6,8,38,41-58H2,1-3H3/b10-7+,12-9+,14-11+,16-13+,18-15+,20-17+,22-19+,24-21+,26-23+,27-25+,30-28+,31-29+,34-33+,35-32+,39-36+,40-37+. The van der Waals surface area contributed by atoms with Crippen molar-refractivity contribution in [2.45, 2.75) is 162 Å². The fraction of sp³-hybridized carbons (Fsp3) is 0.435. The Morgan fingerprint density at radius 1 is 0.309 bits per heavy atom. The van der Waals surface area contributed by atoms with Crippen molar-refractivity contribution in [2.75, 3.05) is 13.2 Å². The first-order chi connectivity index (χ1) is 33.5. The molecule has 372 valence electrons. The van der Waals surface area contributed by atoms with Crippen LogP contribution >= 0.6 is 0 Å². The van der Waals surface area contributed by atoms with Gasteiger partial charge in [0.05, 0.1) is 0 Å². The van der Waals surface area contributed by atoms with Crippen LogP contribution in [0, 0.1) is 0 Å². The predicted octanol–water partition coefficient (Wildman–Crippen LogP) is 17.1. The second-order valence-corrected chi connectivity index (χ2v) is 16.0. The highest BCUT2D eigenvalue weighted by atomic mass is 16.6. The fourth-order valence-electron chi connectivity index (χ4n) is 5.93. The van der Waals surface area contributed by atoms with Gasteiger partial charge in [-0.05, 0) is 77.0 Å². The number of ether oxygens (including phenoxy) is 3. The van der Waals surface area contributed by atoms with Crippen molar-refractivity contribution in [1.82, 2.24) is 0 Å². The summed E-state index contributed by atoms with van der Waals surface area (Å²) in [5.41, 5.74) is 0. The van der Waals surface area contributed by atoms with Crippen LogP contribution in [0.1, 0.15) is 156 Å². The molecule has 0 aromatic rings. The number of unbranched alkanes of at least 4 members (excludes halogenated alkanes) is 12. The monoisotopic (exact) mass is 929 g/mol. The van der Waals surface area contributed by atoms with Gasteiger partial charge in [0.15, 0.2) is 6.10 Å². The summed E-state index contributed by atoms with van der Waals surface area (Å²) in [6.07, 6.45) is 82.6. The van der Waals surface area contributed by atoms with Crippen LogP contribution in [0.15, 0.2) is 194 Å². The summed E-state index contributed by atoms with van der Waals surface area (Å²) in [7, 11) is 0. The number of hydrogen-bond acceptors (Lipinski definition) is 6. The summed E-state index contributed by atoms with van der Waals surface area (Å²) in [5.74, 6) is -1.06. The Bertz CT molecular complexity index is 1730. The van der Waals surface area contributed by atoms with Crippen molar-refractivity contribution in [1.29, 1.82) is 0 Å². The van der Waals surface area contributed by atoms with Crippen LogP contribution in [0.5, 0.6) is 0 Å². The van der Waals surface area contributed by atoms with E-state index in [0.29, 0.717) is 19.3 Å². The predicted molar refractivity (Wildman–Crippen MR) is 292 cm³/mol. The molecule has 0 saturated heterocycles. The number of carbonyl (C=O) groups is 3. The quantitative estimate of drug-likeness (QED) is 0.0263. The number of allylic oxidation sites excluding steroid dienone is 32. The molecule has 0 aliphatic heterocycles. The molecule has 0 aliphatic carbocycles. The van der Waals surface area contributed by atoms with Crippen LogP contribution in [-0.2, 0) is 28.6 Å². The third kappa shape index (κ3) is 51.2. The van der Waals surface area contributed by atoms with Gasteiger partial charge in [-0.15, -0.1) is 0 Å². The third-order valence-corrected chi connectivity index (χ3v) is 9.71. The Hall–Kier alpha value is -5.75. The largest absolute Gasteiger partial charge is 0.462 e. The number of hydrogen-bond donors (Lipinski definition) is 0. The molecule has 0 aromatic heterocycles. The lowest BCUT2D eigenvalue weighted by atomic mass is 10.1. The third-order valence-electron chi connectivity index (χ3n) is 9.71. The molecule has 0 saturated carbocycles. The summed E-state index contributed by atoms with van der Waals surface area (Å²) in [5, 5.41) is 0. The molecule has 6 nitrogen and oxygen atoms in total. The van der Waals surface area contributed by atoms with Gasteiger partial charge in [-0.2, -0.15) is 0 Å². The summed E-state index contributed by atoms with van der Waals surface area (Å²) < 4.78 is 16.7. The van der Waals surface area contributed by atoms with E-state index < -0.39 is 6.10 Å². The minimum Gasteiger partial charge on any atom is -0.462 e. The van der Waals surface area contributed by atoms with Gasteiger partial charge in [-0.3, -0.25) is 14.4 Å². The zero-order valence-electron chi connectivity index (χ0n) is 42.3. The van der Waals surface area contributed by atoms with Gasteiger partial charge in [0, 0.05) is 19.3 Å². The molecule has 0 aliphatic rings. The van der Waals surface area contributed by atoms with E-state index in [1.165, 1.54) is 6.42 Å². The normalized spacial score (nSPS) is 13.8. The lowest BCUT2D eigenvalue weighted by Gasteiger charge is -2.18. The number of carbonyl (C=O) groups excluding carboxylic acids is 3. The van der Waals surface area contributed by atoms with Crippen molar-refractivity contribution in [2.24, 2.45) is 0 Å². The van der Waals surface area contributed by atoms with Gasteiger partial charge in [0.2, 0.25) is 0 Å². The Balaban J connectivity index is 4.66. The van der Waals surface area contributed by atoms with E-state index in [9.17, 15) is 14.4 Å². The maximum atomic E-state index is 12.8. The van der Waals surface area contributed by atoms with Crippen LogP contribution < -0.4 is 0 Å². The first-order valence-corrected chi connectivity index (χ1v) is 25.7. The summed E-state index contributed by atoms with van der Waals surface area (Å²) in [6.45, 7) is 6.12. The van der Waals surface area contributed by atoms with Gasteiger partial charge < -0.3 is 14.2 Å². The molecule has 0 radical (unpaired) electrons. The molecule has 0 spiro atoms. The molecule has 0 aromatic carbocycles. The van der Waals surface area contributed by atoms with Crippen molar-refractivity contribution >= 4 is 17.9 Å². The highest BCUT2D eigenvalue weighted by Gasteiger charge is 2.19. The van der Waals surface area contributed by atoms with E-state index >= 15 is 0 Å². The SMILES string of the molecule is CC/C=C/C=C/C=C/C=C/C=C/C=C/C=C/CCCCCC(=O)OCC(COC(=O)CCCCC/C=C/C=C/C=C/C=C/CC)OC(=O)CCCCCCC/C=C/C=C/C=C/C=C/C=C/CCC.